The van der Waals surface area contributed by atoms with Crippen LogP contribution in [-0.2, 0) is 0 Å². The molecule has 1 aromatic carbocycles. The normalized spacial score (nSPS) is 10.5. The van der Waals surface area contributed by atoms with Gasteiger partial charge in [0.15, 0.2) is 0 Å². The lowest BCUT2D eigenvalue weighted by Gasteiger charge is -2.14. The van der Waals surface area contributed by atoms with E-state index in [0.29, 0.717) is 11.5 Å². The lowest BCUT2D eigenvalue weighted by Crippen LogP contribution is -2.22. The molecule has 0 bridgehead atoms. The summed E-state index contributed by atoms with van der Waals surface area (Å²) in [6.07, 6.45) is 0. The molecule has 2 rings (SSSR count). The summed E-state index contributed by atoms with van der Waals surface area (Å²) in [6.45, 7) is 5.48. The second-order valence-electron chi connectivity index (χ2n) is 4.10. The Morgan fingerprint density at radius 2 is 2.10 bits per heavy atom. The van der Waals surface area contributed by atoms with Crippen molar-refractivity contribution in [3.63, 3.8) is 0 Å². The van der Waals surface area contributed by atoms with Crippen molar-refractivity contribution in [1.82, 2.24) is 10.1 Å². The largest absolute Gasteiger partial charge is 0.398 e. The van der Waals surface area contributed by atoms with E-state index in [-0.39, 0.29) is 17.3 Å². The highest BCUT2D eigenvalue weighted by atomic mass is 16.6. The van der Waals surface area contributed by atoms with Gasteiger partial charge in [0.1, 0.15) is 0 Å². The summed E-state index contributed by atoms with van der Waals surface area (Å²) in [5.74, 6) is 0.724. The Balaban J connectivity index is 2.35. The summed E-state index contributed by atoms with van der Waals surface area (Å²) >= 11 is 0. The zero-order valence-corrected chi connectivity index (χ0v) is 11.2. The standard InChI is InChI=1S/C12H15N5O3/c1-3-16(4-2)12-14-11(20-15-12)9-6-5-8(17(18)19)7-10(9)13/h5-7H,3-4,13H2,1-2H3. The second-order valence-corrected chi connectivity index (χ2v) is 4.10. The third-order valence-electron chi connectivity index (χ3n) is 2.94. The molecule has 0 saturated carbocycles. The number of anilines is 2. The Kier molecular flexibility index (Phi) is 3.83. The molecule has 8 heteroatoms. The molecule has 0 amide bonds. The van der Waals surface area contributed by atoms with Crippen LogP contribution in [0.5, 0.6) is 0 Å². The molecule has 2 aromatic rings. The molecular weight excluding hydrogens is 262 g/mol. The van der Waals surface area contributed by atoms with Crippen LogP contribution in [0.1, 0.15) is 13.8 Å². The number of nitro benzene ring substituents is 1. The van der Waals surface area contributed by atoms with Crippen LogP contribution in [0.2, 0.25) is 0 Å². The van der Waals surface area contributed by atoms with E-state index in [1.807, 2.05) is 18.7 Å². The van der Waals surface area contributed by atoms with Gasteiger partial charge in [-0.2, -0.15) is 4.98 Å². The average molecular weight is 277 g/mol. The molecule has 0 spiro atoms. The fourth-order valence-electron chi connectivity index (χ4n) is 1.82. The number of benzene rings is 1. The van der Waals surface area contributed by atoms with E-state index >= 15 is 0 Å². The first-order valence-corrected chi connectivity index (χ1v) is 6.19. The molecule has 20 heavy (non-hydrogen) atoms. The smallest absolute Gasteiger partial charge is 0.271 e. The number of hydrogen-bond acceptors (Lipinski definition) is 7. The summed E-state index contributed by atoms with van der Waals surface area (Å²) in [4.78, 5) is 16.3. The van der Waals surface area contributed by atoms with Crippen molar-refractivity contribution >= 4 is 17.3 Å². The highest BCUT2D eigenvalue weighted by molar-refractivity contribution is 5.73. The van der Waals surface area contributed by atoms with Crippen molar-refractivity contribution in [2.75, 3.05) is 23.7 Å². The predicted molar refractivity (Wildman–Crippen MR) is 74.4 cm³/mol. The maximum Gasteiger partial charge on any atom is 0.271 e. The summed E-state index contributed by atoms with van der Waals surface area (Å²) in [7, 11) is 0. The highest BCUT2D eigenvalue weighted by Gasteiger charge is 2.17. The monoisotopic (exact) mass is 277 g/mol. The molecule has 0 aliphatic carbocycles. The SMILES string of the molecule is CCN(CC)c1noc(-c2ccc([N+](=O)[O-])cc2N)n1. The number of nitrogens with zero attached hydrogens (tertiary/aromatic N) is 4. The zero-order valence-electron chi connectivity index (χ0n) is 11.2. The minimum absolute atomic E-state index is 0.0743. The van der Waals surface area contributed by atoms with Gasteiger partial charge in [-0.25, -0.2) is 0 Å². The van der Waals surface area contributed by atoms with Crippen LogP contribution in [0.4, 0.5) is 17.3 Å². The van der Waals surface area contributed by atoms with Crippen LogP contribution in [0.25, 0.3) is 11.5 Å². The number of nitro groups is 1. The molecule has 0 aliphatic heterocycles. The van der Waals surface area contributed by atoms with Crippen molar-refractivity contribution in [2.24, 2.45) is 0 Å². The van der Waals surface area contributed by atoms with E-state index < -0.39 is 4.92 Å². The Hall–Kier alpha value is -2.64. The zero-order chi connectivity index (χ0) is 14.7. The topological polar surface area (TPSA) is 111 Å². The Morgan fingerprint density at radius 3 is 2.65 bits per heavy atom. The summed E-state index contributed by atoms with van der Waals surface area (Å²) in [5, 5.41) is 14.5. The molecule has 1 aromatic heterocycles. The lowest BCUT2D eigenvalue weighted by atomic mass is 10.1. The van der Waals surface area contributed by atoms with Gasteiger partial charge in [0.05, 0.1) is 16.2 Å². The van der Waals surface area contributed by atoms with Crippen LogP contribution in [0.15, 0.2) is 22.7 Å². The molecular formula is C12H15N5O3. The van der Waals surface area contributed by atoms with Gasteiger partial charge in [-0.1, -0.05) is 0 Å². The minimum atomic E-state index is -0.505. The van der Waals surface area contributed by atoms with Gasteiger partial charge >= 0.3 is 0 Å². The fourth-order valence-corrected chi connectivity index (χ4v) is 1.82. The van der Waals surface area contributed by atoms with Crippen LogP contribution >= 0.6 is 0 Å². The van der Waals surface area contributed by atoms with Gasteiger partial charge in [-0.15, -0.1) is 0 Å². The van der Waals surface area contributed by atoms with Crippen LogP contribution < -0.4 is 10.6 Å². The first-order valence-electron chi connectivity index (χ1n) is 6.19. The molecule has 1 heterocycles. The molecule has 106 valence electrons. The maximum atomic E-state index is 10.7. The van der Waals surface area contributed by atoms with Gasteiger partial charge < -0.3 is 15.2 Å². The van der Waals surface area contributed by atoms with Gasteiger partial charge in [0, 0.05) is 25.2 Å². The van der Waals surface area contributed by atoms with E-state index in [2.05, 4.69) is 10.1 Å². The van der Waals surface area contributed by atoms with Crippen LogP contribution in [0.3, 0.4) is 0 Å². The van der Waals surface area contributed by atoms with Gasteiger partial charge in [-0.05, 0) is 25.1 Å². The quantitative estimate of drug-likeness (QED) is 0.505. The van der Waals surface area contributed by atoms with E-state index in [0.717, 1.165) is 13.1 Å². The number of rotatable bonds is 5. The number of nitrogens with two attached hydrogens (primary N) is 1. The third kappa shape index (κ3) is 2.53. The second kappa shape index (κ2) is 5.55. The number of hydrogen-bond donors (Lipinski definition) is 1. The molecule has 0 radical (unpaired) electrons. The van der Waals surface area contributed by atoms with Crippen molar-refractivity contribution in [2.45, 2.75) is 13.8 Å². The molecule has 0 fully saturated rings. The van der Waals surface area contributed by atoms with E-state index in [1.54, 1.807) is 0 Å². The molecule has 0 atom stereocenters. The molecule has 8 nitrogen and oxygen atoms in total. The Labute approximate surface area is 115 Å². The fraction of sp³-hybridized carbons (Fsp3) is 0.333. The third-order valence-corrected chi connectivity index (χ3v) is 2.94. The van der Waals surface area contributed by atoms with Gasteiger partial charge in [0.2, 0.25) is 0 Å². The molecule has 2 N–H and O–H groups in total. The first kappa shape index (κ1) is 13.8. The number of non-ortho nitro benzene ring substituents is 1. The van der Waals surface area contributed by atoms with Crippen molar-refractivity contribution < 1.29 is 9.45 Å². The van der Waals surface area contributed by atoms with Crippen LogP contribution in [-0.4, -0.2) is 28.2 Å². The maximum absolute atomic E-state index is 10.7. The molecule has 0 saturated heterocycles. The van der Waals surface area contributed by atoms with E-state index in [9.17, 15) is 10.1 Å². The van der Waals surface area contributed by atoms with Gasteiger partial charge in [-0.3, -0.25) is 10.1 Å². The first-order chi connectivity index (χ1) is 9.56. The van der Waals surface area contributed by atoms with E-state index in [4.69, 9.17) is 10.3 Å². The van der Waals surface area contributed by atoms with Gasteiger partial charge in [0.25, 0.3) is 17.5 Å². The number of aromatic nitrogens is 2. The summed E-state index contributed by atoms with van der Waals surface area (Å²) < 4.78 is 5.16. The summed E-state index contributed by atoms with van der Waals surface area (Å²) in [6, 6.07) is 4.14. The van der Waals surface area contributed by atoms with Crippen molar-refractivity contribution in [3.8, 4) is 11.5 Å². The number of nitrogen functional groups attached to an aromatic ring is 1. The Bertz CT molecular complexity index is 621. The van der Waals surface area contributed by atoms with E-state index in [1.165, 1.54) is 18.2 Å². The Morgan fingerprint density at radius 1 is 1.40 bits per heavy atom. The minimum Gasteiger partial charge on any atom is -0.398 e. The van der Waals surface area contributed by atoms with Crippen molar-refractivity contribution in [1.29, 1.82) is 0 Å². The van der Waals surface area contributed by atoms with Crippen LogP contribution in [0, 0.1) is 10.1 Å². The molecule has 0 aliphatic rings. The molecule has 0 unspecified atom stereocenters. The lowest BCUT2D eigenvalue weighted by molar-refractivity contribution is -0.384. The summed E-state index contributed by atoms with van der Waals surface area (Å²) in [5.41, 5.74) is 6.44. The van der Waals surface area contributed by atoms with Crippen molar-refractivity contribution in [3.05, 3.63) is 28.3 Å². The predicted octanol–water partition coefficient (Wildman–Crippen LogP) is 2.07. The average Bonchev–Trinajstić information content (AvgIpc) is 2.89. The highest BCUT2D eigenvalue weighted by Crippen LogP contribution is 2.29.